The van der Waals surface area contributed by atoms with Crippen molar-refractivity contribution in [2.75, 3.05) is 40.4 Å². The minimum absolute atomic E-state index is 0.113. The van der Waals surface area contributed by atoms with E-state index in [1.165, 1.54) is 0 Å². The highest BCUT2D eigenvalue weighted by Gasteiger charge is 2.30. The summed E-state index contributed by atoms with van der Waals surface area (Å²) in [5.41, 5.74) is 5.66. The van der Waals surface area contributed by atoms with E-state index in [-0.39, 0.29) is 18.0 Å². The van der Waals surface area contributed by atoms with Gasteiger partial charge in [0.25, 0.3) is 0 Å². The standard InChI is InChI=1S/C10H21N3O2/c1-8(10(14)12(2)3)13-4-5-15-7-9(13)6-11/h8-9H,4-7,11H2,1-3H3. The molecule has 0 bridgehead atoms. The minimum atomic E-state index is -0.113. The first-order chi connectivity index (χ1) is 7.07. The Morgan fingerprint density at radius 2 is 2.33 bits per heavy atom. The van der Waals surface area contributed by atoms with E-state index in [1.54, 1.807) is 19.0 Å². The number of amides is 1. The Bertz CT molecular complexity index is 221. The molecule has 1 amide bonds. The molecule has 1 heterocycles. The number of ether oxygens (including phenoxy) is 1. The summed E-state index contributed by atoms with van der Waals surface area (Å²) in [6.45, 7) is 4.55. The predicted octanol–water partition coefficient (Wildman–Crippen LogP) is -0.877. The van der Waals surface area contributed by atoms with Crippen LogP contribution in [-0.2, 0) is 9.53 Å². The summed E-state index contributed by atoms with van der Waals surface area (Å²) in [7, 11) is 3.55. The summed E-state index contributed by atoms with van der Waals surface area (Å²) in [5, 5.41) is 0. The number of hydrogen-bond donors (Lipinski definition) is 1. The molecular weight excluding hydrogens is 194 g/mol. The third-order valence-electron chi connectivity index (χ3n) is 2.84. The van der Waals surface area contributed by atoms with Crippen LogP contribution in [0.15, 0.2) is 0 Å². The van der Waals surface area contributed by atoms with Crippen molar-refractivity contribution in [3.63, 3.8) is 0 Å². The Hall–Kier alpha value is -0.650. The van der Waals surface area contributed by atoms with Gasteiger partial charge in [0.2, 0.25) is 5.91 Å². The molecule has 2 N–H and O–H groups in total. The van der Waals surface area contributed by atoms with E-state index in [0.717, 1.165) is 6.54 Å². The fraction of sp³-hybridized carbons (Fsp3) is 0.900. The number of rotatable bonds is 3. The summed E-state index contributed by atoms with van der Waals surface area (Å²) in [5.74, 6) is 0.121. The van der Waals surface area contributed by atoms with Gasteiger partial charge in [0.05, 0.1) is 19.3 Å². The van der Waals surface area contributed by atoms with Gasteiger partial charge >= 0.3 is 0 Å². The maximum atomic E-state index is 11.8. The number of carbonyl (C=O) groups is 1. The first-order valence-electron chi connectivity index (χ1n) is 5.32. The van der Waals surface area contributed by atoms with Gasteiger partial charge in [0, 0.05) is 33.2 Å². The molecule has 0 aliphatic carbocycles. The molecule has 0 radical (unpaired) electrons. The van der Waals surface area contributed by atoms with Crippen LogP contribution in [0.1, 0.15) is 6.92 Å². The maximum Gasteiger partial charge on any atom is 0.239 e. The molecule has 2 unspecified atom stereocenters. The highest BCUT2D eigenvalue weighted by molar-refractivity contribution is 5.81. The van der Waals surface area contributed by atoms with Crippen LogP contribution in [0.5, 0.6) is 0 Å². The number of morpholine rings is 1. The predicted molar refractivity (Wildman–Crippen MR) is 58.5 cm³/mol. The normalized spacial score (nSPS) is 24.9. The van der Waals surface area contributed by atoms with Crippen LogP contribution in [0.3, 0.4) is 0 Å². The maximum absolute atomic E-state index is 11.8. The molecule has 88 valence electrons. The Labute approximate surface area is 91.2 Å². The smallest absolute Gasteiger partial charge is 0.239 e. The van der Waals surface area contributed by atoms with Gasteiger partial charge in [-0.05, 0) is 6.92 Å². The number of carbonyl (C=O) groups excluding carboxylic acids is 1. The van der Waals surface area contributed by atoms with E-state index in [1.807, 2.05) is 6.92 Å². The lowest BCUT2D eigenvalue weighted by Crippen LogP contribution is -2.56. The Kier molecular flexibility index (Phi) is 4.50. The van der Waals surface area contributed by atoms with Crippen molar-refractivity contribution in [2.24, 2.45) is 5.73 Å². The number of hydrogen-bond acceptors (Lipinski definition) is 4. The van der Waals surface area contributed by atoms with E-state index in [2.05, 4.69) is 4.90 Å². The van der Waals surface area contributed by atoms with E-state index in [9.17, 15) is 4.79 Å². The van der Waals surface area contributed by atoms with Crippen LogP contribution in [0.25, 0.3) is 0 Å². The van der Waals surface area contributed by atoms with Crippen LogP contribution in [0, 0.1) is 0 Å². The Balaban J connectivity index is 2.63. The van der Waals surface area contributed by atoms with Crippen LogP contribution in [-0.4, -0.2) is 68.2 Å². The second-order valence-electron chi connectivity index (χ2n) is 4.11. The van der Waals surface area contributed by atoms with E-state index >= 15 is 0 Å². The second-order valence-corrected chi connectivity index (χ2v) is 4.11. The number of likely N-dealkylation sites (N-methyl/N-ethyl adjacent to an activating group) is 1. The molecule has 1 aliphatic rings. The van der Waals surface area contributed by atoms with Crippen molar-refractivity contribution >= 4 is 5.91 Å². The summed E-state index contributed by atoms with van der Waals surface area (Å²) in [6, 6.07) is 0.0510. The van der Waals surface area contributed by atoms with Gasteiger partial charge in [-0.15, -0.1) is 0 Å². The lowest BCUT2D eigenvalue weighted by Gasteiger charge is -2.39. The summed E-state index contributed by atoms with van der Waals surface area (Å²) < 4.78 is 5.35. The average Bonchev–Trinajstić information content (AvgIpc) is 2.26. The largest absolute Gasteiger partial charge is 0.378 e. The molecule has 1 rings (SSSR count). The van der Waals surface area contributed by atoms with Crippen molar-refractivity contribution in [1.29, 1.82) is 0 Å². The molecule has 0 aromatic rings. The zero-order valence-electron chi connectivity index (χ0n) is 9.77. The zero-order chi connectivity index (χ0) is 11.4. The van der Waals surface area contributed by atoms with Crippen molar-refractivity contribution in [3.05, 3.63) is 0 Å². The first-order valence-corrected chi connectivity index (χ1v) is 5.32. The molecule has 0 saturated carbocycles. The third-order valence-corrected chi connectivity index (χ3v) is 2.84. The monoisotopic (exact) mass is 215 g/mol. The lowest BCUT2D eigenvalue weighted by molar-refractivity contribution is -0.137. The fourth-order valence-electron chi connectivity index (χ4n) is 1.90. The number of nitrogens with two attached hydrogens (primary N) is 1. The van der Waals surface area contributed by atoms with Gasteiger partial charge in [0.1, 0.15) is 0 Å². The van der Waals surface area contributed by atoms with E-state index < -0.39 is 0 Å². The molecule has 1 saturated heterocycles. The van der Waals surface area contributed by atoms with Crippen molar-refractivity contribution < 1.29 is 9.53 Å². The van der Waals surface area contributed by atoms with E-state index in [0.29, 0.717) is 19.8 Å². The zero-order valence-corrected chi connectivity index (χ0v) is 9.77. The lowest BCUT2D eigenvalue weighted by atomic mass is 10.1. The van der Waals surface area contributed by atoms with Crippen molar-refractivity contribution in [3.8, 4) is 0 Å². The van der Waals surface area contributed by atoms with Gasteiger partial charge in [0.15, 0.2) is 0 Å². The van der Waals surface area contributed by atoms with E-state index in [4.69, 9.17) is 10.5 Å². The number of nitrogens with zero attached hydrogens (tertiary/aromatic N) is 2. The Morgan fingerprint density at radius 1 is 1.67 bits per heavy atom. The summed E-state index contributed by atoms with van der Waals surface area (Å²) in [4.78, 5) is 15.6. The topological polar surface area (TPSA) is 58.8 Å². The summed E-state index contributed by atoms with van der Waals surface area (Å²) in [6.07, 6.45) is 0. The van der Waals surface area contributed by atoms with Gasteiger partial charge in [-0.1, -0.05) is 0 Å². The van der Waals surface area contributed by atoms with Gasteiger partial charge < -0.3 is 15.4 Å². The minimum Gasteiger partial charge on any atom is -0.378 e. The van der Waals surface area contributed by atoms with Crippen LogP contribution in [0.4, 0.5) is 0 Å². The second kappa shape index (κ2) is 5.44. The molecular formula is C10H21N3O2. The molecule has 1 fully saturated rings. The van der Waals surface area contributed by atoms with Crippen LogP contribution < -0.4 is 5.73 Å². The van der Waals surface area contributed by atoms with Crippen molar-refractivity contribution in [2.45, 2.75) is 19.0 Å². The molecule has 0 aromatic heterocycles. The average molecular weight is 215 g/mol. The van der Waals surface area contributed by atoms with Gasteiger partial charge in [-0.2, -0.15) is 0 Å². The highest BCUT2D eigenvalue weighted by Crippen LogP contribution is 2.11. The quantitative estimate of drug-likeness (QED) is 0.664. The van der Waals surface area contributed by atoms with Gasteiger partial charge in [-0.3, -0.25) is 9.69 Å². The molecule has 1 aliphatic heterocycles. The molecule has 5 nitrogen and oxygen atoms in total. The fourth-order valence-corrected chi connectivity index (χ4v) is 1.90. The molecule has 5 heteroatoms. The molecule has 15 heavy (non-hydrogen) atoms. The molecule has 2 atom stereocenters. The highest BCUT2D eigenvalue weighted by atomic mass is 16.5. The SMILES string of the molecule is CC(C(=O)N(C)C)N1CCOCC1CN. The van der Waals surface area contributed by atoms with Crippen molar-refractivity contribution in [1.82, 2.24) is 9.80 Å². The summed E-state index contributed by atoms with van der Waals surface area (Å²) >= 11 is 0. The van der Waals surface area contributed by atoms with Crippen LogP contribution in [0.2, 0.25) is 0 Å². The molecule has 0 aromatic carbocycles. The molecule has 0 spiro atoms. The first kappa shape index (κ1) is 12.4. The van der Waals surface area contributed by atoms with Crippen LogP contribution >= 0.6 is 0 Å². The Morgan fingerprint density at radius 3 is 2.87 bits per heavy atom. The third kappa shape index (κ3) is 2.90. The van der Waals surface area contributed by atoms with Gasteiger partial charge in [-0.25, -0.2) is 0 Å².